The van der Waals surface area contributed by atoms with Crippen LogP contribution in [0.1, 0.15) is 19.4 Å². The lowest BCUT2D eigenvalue weighted by Gasteiger charge is -1.88. The van der Waals surface area contributed by atoms with Crippen LogP contribution in [0.5, 0.6) is 0 Å². The van der Waals surface area contributed by atoms with Gasteiger partial charge in [-0.05, 0) is 18.6 Å². The standard InChI is InChI=1S/C7H6N2OS.C2H6/c1-4-2-5-6(8-3-4)9-7(10)11-5;1-2/h2-3H,1H3,(H,8,9,10);1-2H3. The first-order valence-corrected chi connectivity index (χ1v) is 5.03. The number of hydrogen-bond donors (Lipinski definition) is 1. The van der Waals surface area contributed by atoms with Crippen molar-refractivity contribution in [2.24, 2.45) is 0 Å². The molecule has 0 unspecified atom stereocenters. The van der Waals surface area contributed by atoms with Crippen molar-refractivity contribution in [3.63, 3.8) is 0 Å². The van der Waals surface area contributed by atoms with Gasteiger partial charge in [0.1, 0.15) is 0 Å². The Bertz CT molecular complexity index is 444. The third-order valence-electron chi connectivity index (χ3n) is 1.41. The fraction of sp³-hybridized carbons (Fsp3) is 0.333. The second-order valence-electron chi connectivity index (χ2n) is 2.37. The maximum atomic E-state index is 10.8. The SMILES string of the molecule is CC.Cc1cnc2[nH]c(=O)sc2c1. The van der Waals surface area contributed by atoms with Crippen molar-refractivity contribution in [1.29, 1.82) is 0 Å². The van der Waals surface area contributed by atoms with Crippen LogP contribution in [0.2, 0.25) is 0 Å². The lowest BCUT2D eigenvalue weighted by molar-refractivity contribution is 1.26. The number of fused-ring (bicyclic) bond motifs is 1. The molecule has 0 saturated heterocycles. The van der Waals surface area contributed by atoms with Crippen LogP contribution >= 0.6 is 11.3 Å². The van der Waals surface area contributed by atoms with Gasteiger partial charge in [0.2, 0.25) is 0 Å². The summed E-state index contributed by atoms with van der Waals surface area (Å²) in [6.07, 6.45) is 1.74. The van der Waals surface area contributed by atoms with Gasteiger partial charge in [0.05, 0.1) is 4.70 Å². The Morgan fingerprint density at radius 1 is 1.46 bits per heavy atom. The van der Waals surface area contributed by atoms with Gasteiger partial charge in [0, 0.05) is 6.20 Å². The summed E-state index contributed by atoms with van der Waals surface area (Å²) < 4.78 is 0.926. The molecule has 2 rings (SSSR count). The number of aromatic nitrogens is 2. The molecular weight excluding hydrogens is 184 g/mol. The van der Waals surface area contributed by atoms with E-state index in [-0.39, 0.29) is 4.87 Å². The Balaban J connectivity index is 0.000000396. The van der Waals surface area contributed by atoms with Crippen LogP contribution in [0, 0.1) is 6.92 Å². The van der Waals surface area contributed by atoms with Crippen molar-refractivity contribution < 1.29 is 0 Å². The van der Waals surface area contributed by atoms with E-state index in [0.29, 0.717) is 5.65 Å². The number of hydrogen-bond acceptors (Lipinski definition) is 3. The molecule has 0 amide bonds. The first kappa shape index (κ1) is 9.92. The number of nitrogens with zero attached hydrogens (tertiary/aromatic N) is 1. The average molecular weight is 196 g/mol. The van der Waals surface area contributed by atoms with Crippen molar-refractivity contribution in [2.75, 3.05) is 0 Å². The molecule has 0 atom stereocenters. The summed E-state index contributed by atoms with van der Waals surface area (Å²) in [7, 11) is 0. The van der Waals surface area contributed by atoms with Gasteiger partial charge in [-0.25, -0.2) is 4.98 Å². The van der Waals surface area contributed by atoms with Crippen LogP contribution in [-0.2, 0) is 0 Å². The molecule has 0 aliphatic heterocycles. The van der Waals surface area contributed by atoms with Crippen LogP contribution in [-0.4, -0.2) is 9.97 Å². The minimum Gasteiger partial charge on any atom is -0.297 e. The van der Waals surface area contributed by atoms with E-state index in [1.165, 1.54) is 11.3 Å². The van der Waals surface area contributed by atoms with Gasteiger partial charge in [-0.15, -0.1) is 0 Å². The number of nitrogens with one attached hydrogen (secondary N) is 1. The zero-order chi connectivity index (χ0) is 9.84. The second kappa shape index (κ2) is 4.18. The van der Waals surface area contributed by atoms with Gasteiger partial charge in [-0.2, -0.15) is 0 Å². The number of aromatic amines is 1. The van der Waals surface area contributed by atoms with Gasteiger partial charge in [-0.1, -0.05) is 25.2 Å². The minimum atomic E-state index is -0.0434. The first-order chi connectivity index (χ1) is 6.25. The summed E-state index contributed by atoms with van der Waals surface area (Å²) in [4.78, 5) is 17.5. The van der Waals surface area contributed by atoms with E-state index in [2.05, 4.69) is 9.97 Å². The Labute approximate surface area is 80.5 Å². The molecule has 0 saturated carbocycles. The number of thiazole rings is 1. The molecule has 2 aromatic rings. The summed E-state index contributed by atoms with van der Waals surface area (Å²) in [6, 6.07) is 1.95. The molecule has 0 aliphatic carbocycles. The molecule has 2 heterocycles. The topological polar surface area (TPSA) is 45.8 Å². The molecule has 1 N–H and O–H groups in total. The van der Waals surface area contributed by atoms with E-state index in [0.717, 1.165) is 10.3 Å². The predicted octanol–water partition coefficient (Wildman–Crippen LogP) is 2.32. The Morgan fingerprint density at radius 2 is 2.15 bits per heavy atom. The Hall–Kier alpha value is -1.16. The monoisotopic (exact) mass is 196 g/mol. The number of aryl methyl sites for hydroxylation is 1. The fourth-order valence-corrected chi connectivity index (χ4v) is 1.73. The summed E-state index contributed by atoms with van der Waals surface area (Å²) in [5.74, 6) is 0. The maximum absolute atomic E-state index is 10.8. The molecule has 2 aromatic heterocycles. The second-order valence-corrected chi connectivity index (χ2v) is 3.39. The molecule has 0 bridgehead atoms. The van der Waals surface area contributed by atoms with E-state index < -0.39 is 0 Å². The summed E-state index contributed by atoms with van der Waals surface area (Å²) in [5.41, 5.74) is 1.76. The fourth-order valence-electron chi connectivity index (χ4n) is 0.936. The first-order valence-electron chi connectivity index (χ1n) is 4.21. The van der Waals surface area contributed by atoms with E-state index in [1.54, 1.807) is 6.20 Å². The number of pyridine rings is 1. The lowest BCUT2D eigenvalue weighted by Crippen LogP contribution is -1.90. The summed E-state index contributed by atoms with van der Waals surface area (Å²) >= 11 is 1.19. The molecule has 0 spiro atoms. The molecular formula is C9H12N2OS. The van der Waals surface area contributed by atoms with E-state index in [1.807, 2.05) is 26.8 Å². The van der Waals surface area contributed by atoms with Gasteiger partial charge >= 0.3 is 4.87 Å². The predicted molar refractivity (Wildman–Crippen MR) is 56.3 cm³/mol. The van der Waals surface area contributed by atoms with Gasteiger partial charge < -0.3 is 0 Å². The Morgan fingerprint density at radius 3 is 2.85 bits per heavy atom. The maximum Gasteiger partial charge on any atom is 0.306 e. The largest absolute Gasteiger partial charge is 0.306 e. The number of H-pyrrole nitrogens is 1. The highest BCUT2D eigenvalue weighted by Gasteiger charge is 1.98. The van der Waals surface area contributed by atoms with Crippen molar-refractivity contribution in [3.05, 3.63) is 27.5 Å². The summed E-state index contributed by atoms with van der Waals surface area (Å²) in [6.45, 7) is 5.95. The Kier molecular flexibility index (Phi) is 3.19. The van der Waals surface area contributed by atoms with E-state index in [4.69, 9.17) is 0 Å². The molecule has 70 valence electrons. The third-order valence-corrected chi connectivity index (χ3v) is 2.23. The zero-order valence-corrected chi connectivity index (χ0v) is 8.73. The van der Waals surface area contributed by atoms with Crippen molar-refractivity contribution >= 4 is 21.7 Å². The molecule has 0 aromatic carbocycles. The van der Waals surface area contributed by atoms with E-state index >= 15 is 0 Å². The van der Waals surface area contributed by atoms with Crippen molar-refractivity contribution in [1.82, 2.24) is 9.97 Å². The summed E-state index contributed by atoms with van der Waals surface area (Å²) in [5, 5.41) is 0. The molecule has 13 heavy (non-hydrogen) atoms. The van der Waals surface area contributed by atoms with E-state index in [9.17, 15) is 4.79 Å². The molecule has 0 fully saturated rings. The normalized spacial score (nSPS) is 9.46. The van der Waals surface area contributed by atoms with Crippen LogP contribution in [0.25, 0.3) is 10.3 Å². The molecule has 0 radical (unpaired) electrons. The van der Waals surface area contributed by atoms with Crippen molar-refractivity contribution in [2.45, 2.75) is 20.8 Å². The van der Waals surface area contributed by atoms with Crippen LogP contribution in [0.3, 0.4) is 0 Å². The highest BCUT2D eigenvalue weighted by Crippen LogP contribution is 2.12. The molecule has 3 nitrogen and oxygen atoms in total. The van der Waals surface area contributed by atoms with Gasteiger partial charge in [0.25, 0.3) is 0 Å². The smallest absolute Gasteiger partial charge is 0.297 e. The molecule has 4 heteroatoms. The van der Waals surface area contributed by atoms with Crippen LogP contribution in [0.4, 0.5) is 0 Å². The third kappa shape index (κ3) is 2.15. The van der Waals surface area contributed by atoms with Gasteiger partial charge in [-0.3, -0.25) is 9.78 Å². The van der Waals surface area contributed by atoms with Crippen LogP contribution in [0.15, 0.2) is 17.1 Å². The van der Waals surface area contributed by atoms with Gasteiger partial charge in [0.15, 0.2) is 5.65 Å². The quantitative estimate of drug-likeness (QED) is 0.702. The van der Waals surface area contributed by atoms with Crippen LogP contribution < -0.4 is 4.87 Å². The minimum absolute atomic E-state index is 0.0434. The highest BCUT2D eigenvalue weighted by molar-refractivity contribution is 7.16. The zero-order valence-electron chi connectivity index (χ0n) is 7.92. The number of rotatable bonds is 0. The average Bonchev–Trinajstić information content (AvgIpc) is 2.48. The lowest BCUT2D eigenvalue weighted by atomic mass is 10.3. The molecule has 0 aliphatic rings. The van der Waals surface area contributed by atoms with Crippen molar-refractivity contribution in [3.8, 4) is 0 Å². The highest BCUT2D eigenvalue weighted by atomic mass is 32.1.